The van der Waals surface area contributed by atoms with E-state index in [1.54, 1.807) is 37.2 Å². The molecular weight excluding hydrogens is 259 g/mol. The number of benzene rings is 1. The Labute approximate surface area is 117 Å². The topological polar surface area (TPSA) is 43.8 Å². The lowest BCUT2D eigenvalue weighted by Gasteiger charge is -2.26. The van der Waals surface area contributed by atoms with Crippen LogP contribution < -0.4 is 0 Å². The number of amides is 1. The molecule has 20 heavy (non-hydrogen) atoms. The standard InChI is InChI=1S/C15H17FN2O2/c1-17(2)15(20)10-18-8-12(7-14(19)9-18)11-4-3-5-13(16)6-11/h3-7,9,19H,8,10H2,1-2H3. The minimum Gasteiger partial charge on any atom is -0.506 e. The molecule has 1 aromatic rings. The monoisotopic (exact) mass is 276 g/mol. The quantitative estimate of drug-likeness (QED) is 0.918. The minimum atomic E-state index is -0.326. The molecule has 0 atom stereocenters. The summed E-state index contributed by atoms with van der Waals surface area (Å²) in [6.07, 6.45) is 3.11. The zero-order chi connectivity index (χ0) is 14.7. The van der Waals surface area contributed by atoms with Gasteiger partial charge in [0, 0.05) is 26.8 Å². The molecular formula is C15H17FN2O2. The van der Waals surface area contributed by atoms with E-state index < -0.39 is 0 Å². The van der Waals surface area contributed by atoms with Gasteiger partial charge in [0.05, 0.1) is 6.54 Å². The lowest BCUT2D eigenvalue weighted by atomic mass is 10.0. The third-order valence-electron chi connectivity index (χ3n) is 3.04. The van der Waals surface area contributed by atoms with Crippen LogP contribution >= 0.6 is 0 Å². The summed E-state index contributed by atoms with van der Waals surface area (Å²) in [5.41, 5.74) is 1.48. The number of allylic oxidation sites excluding steroid dienone is 1. The number of hydrogen-bond acceptors (Lipinski definition) is 3. The summed E-state index contributed by atoms with van der Waals surface area (Å²) in [7, 11) is 3.36. The van der Waals surface area contributed by atoms with E-state index in [9.17, 15) is 14.3 Å². The largest absolute Gasteiger partial charge is 0.506 e. The van der Waals surface area contributed by atoms with Gasteiger partial charge in [-0.2, -0.15) is 0 Å². The maximum atomic E-state index is 13.3. The van der Waals surface area contributed by atoms with Crippen LogP contribution in [0.15, 0.2) is 42.3 Å². The van der Waals surface area contributed by atoms with E-state index in [0.717, 1.165) is 5.57 Å². The molecule has 1 aliphatic rings. The van der Waals surface area contributed by atoms with Crippen LogP contribution in [0.4, 0.5) is 4.39 Å². The highest BCUT2D eigenvalue weighted by atomic mass is 19.1. The van der Waals surface area contributed by atoms with Crippen molar-refractivity contribution in [3.63, 3.8) is 0 Å². The third kappa shape index (κ3) is 3.38. The number of rotatable bonds is 3. The smallest absolute Gasteiger partial charge is 0.241 e. The van der Waals surface area contributed by atoms with E-state index in [1.807, 2.05) is 0 Å². The molecule has 0 saturated heterocycles. The average Bonchev–Trinajstić information content (AvgIpc) is 2.37. The first-order chi connectivity index (χ1) is 9.45. The fraction of sp³-hybridized carbons (Fsp3) is 0.267. The van der Waals surface area contributed by atoms with Crippen molar-refractivity contribution < 1.29 is 14.3 Å². The van der Waals surface area contributed by atoms with Gasteiger partial charge >= 0.3 is 0 Å². The molecule has 0 bridgehead atoms. The van der Waals surface area contributed by atoms with E-state index in [1.165, 1.54) is 23.2 Å². The Balaban J connectivity index is 2.17. The van der Waals surface area contributed by atoms with Gasteiger partial charge in [-0.05, 0) is 29.3 Å². The van der Waals surface area contributed by atoms with Gasteiger partial charge in [-0.25, -0.2) is 4.39 Å². The number of likely N-dealkylation sites (N-methyl/N-ethyl adjacent to an activating group) is 1. The van der Waals surface area contributed by atoms with Gasteiger partial charge in [0.15, 0.2) is 0 Å². The van der Waals surface area contributed by atoms with Crippen molar-refractivity contribution in [1.29, 1.82) is 0 Å². The molecule has 0 spiro atoms. The van der Waals surface area contributed by atoms with Crippen LogP contribution in [0.3, 0.4) is 0 Å². The van der Waals surface area contributed by atoms with E-state index in [-0.39, 0.29) is 24.0 Å². The molecule has 1 amide bonds. The van der Waals surface area contributed by atoms with E-state index in [0.29, 0.717) is 12.1 Å². The molecule has 2 rings (SSSR count). The van der Waals surface area contributed by atoms with Crippen molar-refractivity contribution in [3.8, 4) is 0 Å². The van der Waals surface area contributed by atoms with Gasteiger partial charge in [-0.15, -0.1) is 0 Å². The highest BCUT2D eigenvalue weighted by Crippen LogP contribution is 2.22. The Morgan fingerprint density at radius 3 is 2.85 bits per heavy atom. The van der Waals surface area contributed by atoms with Gasteiger partial charge in [0.2, 0.25) is 5.91 Å². The summed E-state index contributed by atoms with van der Waals surface area (Å²) in [4.78, 5) is 14.9. The Hall–Kier alpha value is -2.30. The number of nitrogens with zero attached hydrogens (tertiary/aromatic N) is 2. The summed E-state index contributed by atoms with van der Waals surface area (Å²) in [5, 5.41) is 9.76. The number of halogens is 1. The van der Waals surface area contributed by atoms with E-state index >= 15 is 0 Å². The highest BCUT2D eigenvalue weighted by molar-refractivity contribution is 5.79. The third-order valence-corrected chi connectivity index (χ3v) is 3.04. The molecule has 1 aromatic carbocycles. The van der Waals surface area contributed by atoms with Gasteiger partial charge in [0.25, 0.3) is 0 Å². The van der Waals surface area contributed by atoms with Crippen molar-refractivity contribution in [3.05, 3.63) is 53.7 Å². The zero-order valence-electron chi connectivity index (χ0n) is 11.5. The van der Waals surface area contributed by atoms with Crippen molar-refractivity contribution in [2.75, 3.05) is 27.2 Å². The number of carbonyl (C=O) groups excluding carboxylic acids is 1. The first-order valence-corrected chi connectivity index (χ1v) is 6.27. The Morgan fingerprint density at radius 1 is 1.45 bits per heavy atom. The molecule has 0 fully saturated rings. The van der Waals surface area contributed by atoms with Crippen LogP contribution in [0.2, 0.25) is 0 Å². The lowest BCUT2D eigenvalue weighted by Crippen LogP contribution is -2.35. The highest BCUT2D eigenvalue weighted by Gasteiger charge is 2.17. The SMILES string of the molecule is CN(C)C(=O)CN1C=C(O)C=C(c2cccc(F)c2)C1. The van der Waals surface area contributed by atoms with Gasteiger partial charge < -0.3 is 14.9 Å². The van der Waals surface area contributed by atoms with Crippen LogP contribution in [0.25, 0.3) is 5.57 Å². The maximum Gasteiger partial charge on any atom is 0.241 e. The average molecular weight is 276 g/mol. The van der Waals surface area contributed by atoms with Crippen LogP contribution in [0, 0.1) is 5.82 Å². The molecule has 106 valence electrons. The van der Waals surface area contributed by atoms with Crippen LogP contribution in [-0.4, -0.2) is 48.0 Å². The number of hydrogen-bond donors (Lipinski definition) is 1. The van der Waals surface area contributed by atoms with Crippen molar-refractivity contribution in [2.45, 2.75) is 0 Å². The molecule has 5 heteroatoms. The molecule has 4 nitrogen and oxygen atoms in total. The van der Waals surface area contributed by atoms with Gasteiger partial charge in [-0.3, -0.25) is 4.79 Å². The summed E-state index contributed by atoms with van der Waals surface area (Å²) in [6.45, 7) is 0.622. The summed E-state index contributed by atoms with van der Waals surface area (Å²) in [5.74, 6) is -0.329. The van der Waals surface area contributed by atoms with Crippen molar-refractivity contribution in [1.82, 2.24) is 9.80 Å². The second kappa shape index (κ2) is 5.77. The number of aliphatic hydroxyl groups is 1. The Morgan fingerprint density at radius 2 is 2.20 bits per heavy atom. The predicted molar refractivity (Wildman–Crippen MR) is 75.4 cm³/mol. The second-order valence-electron chi connectivity index (χ2n) is 4.93. The van der Waals surface area contributed by atoms with Crippen LogP contribution in [-0.2, 0) is 4.79 Å². The predicted octanol–water partition coefficient (Wildman–Crippen LogP) is 2.01. The van der Waals surface area contributed by atoms with Gasteiger partial charge in [-0.1, -0.05) is 12.1 Å². The first-order valence-electron chi connectivity index (χ1n) is 6.27. The molecule has 0 aromatic heterocycles. The van der Waals surface area contributed by atoms with E-state index in [4.69, 9.17) is 0 Å². The fourth-order valence-electron chi connectivity index (χ4n) is 1.99. The normalized spacial score (nSPS) is 14.7. The minimum absolute atomic E-state index is 0.0575. The molecule has 0 radical (unpaired) electrons. The number of aliphatic hydroxyl groups excluding tert-OH is 1. The zero-order valence-corrected chi connectivity index (χ0v) is 11.5. The first kappa shape index (κ1) is 14.1. The summed E-state index contributed by atoms with van der Waals surface area (Å²) >= 11 is 0. The van der Waals surface area contributed by atoms with E-state index in [2.05, 4.69) is 0 Å². The van der Waals surface area contributed by atoms with Crippen molar-refractivity contribution >= 4 is 11.5 Å². The summed E-state index contributed by atoms with van der Waals surface area (Å²) in [6, 6.07) is 6.18. The molecule has 1 N–H and O–H groups in total. The maximum absolute atomic E-state index is 13.3. The fourth-order valence-corrected chi connectivity index (χ4v) is 1.99. The van der Waals surface area contributed by atoms with Crippen LogP contribution in [0.5, 0.6) is 0 Å². The summed E-state index contributed by atoms with van der Waals surface area (Å²) < 4.78 is 13.3. The molecule has 0 unspecified atom stereocenters. The molecule has 1 heterocycles. The molecule has 0 aliphatic carbocycles. The Kier molecular flexibility index (Phi) is 4.08. The number of carbonyl (C=O) groups is 1. The van der Waals surface area contributed by atoms with Gasteiger partial charge in [0.1, 0.15) is 11.6 Å². The second-order valence-corrected chi connectivity index (χ2v) is 4.93. The lowest BCUT2D eigenvalue weighted by molar-refractivity contribution is -0.129. The Bertz CT molecular complexity index is 579. The van der Waals surface area contributed by atoms with Crippen molar-refractivity contribution in [2.24, 2.45) is 0 Å². The molecule has 1 aliphatic heterocycles. The molecule has 0 saturated carbocycles. The van der Waals surface area contributed by atoms with Crippen LogP contribution in [0.1, 0.15) is 5.56 Å².